The number of alkyl halides is 3. The number of nitrogens with one attached hydrogen (secondary N) is 1. The largest absolute Gasteiger partial charge is 0.573 e. The first-order valence-corrected chi connectivity index (χ1v) is 6.05. The van der Waals surface area contributed by atoms with Gasteiger partial charge in [-0.3, -0.25) is 0 Å². The zero-order valence-electron chi connectivity index (χ0n) is 10.9. The maximum Gasteiger partial charge on any atom is 0.573 e. The maximum atomic E-state index is 12.0. The Labute approximate surface area is 110 Å². The molecule has 2 N–H and O–H groups in total. The van der Waals surface area contributed by atoms with E-state index >= 15 is 0 Å². The van der Waals surface area contributed by atoms with Crippen molar-refractivity contribution in [2.75, 3.05) is 6.54 Å². The van der Waals surface area contributed by atoms with Gasteiger partial charge in [-0.15, -0.1) is 13.2 Å². The highest BCUT2D eigenvalue weighted by atomic mass is 19.4. The van der Waals surface area contributed by atoms with Crippen LogP contribution in [0.4, 0.5) is 13.2 Å². The predicted molar refractivity (Wildman–Crippen MR) is 65.8 cm³/mol. The Morgan fingerprint density at radius 3 is 2.26 bits per heavy atom. The van der Waals surface area contributed by atoms with Crippen LogP contribution in [-0.2, 0) is 0 Å². The van der Waals surface area contributed by atoms with E-state index in [0.717, 1.165) is 5.56 Å². The Morgan fingerprint density at radius 2 is 1.79 bits per heavy atom. The zero-order chi connectivity index (χ0) is 14.5. The molecule has 19 heavy (non-hydrogen) atoms. The van der Waals surface area contributed by atoms with Gasteiger partial charge in [0, 0.05) is 6.04 Å². The molecule has 1 aromatic rings. The van der Waals surface area contributed by atoms with Crippen LogP contribution in [0, 0.1) is 0 Å². The second-order valence-electron chi connectivity index (χ2n) is 4.43. The number of rotatable bonds is 6. The number of aliphatic hydroxyl groups is 1. The van der Waals surface area contributed by atoms with E-state index < -0.39 is 6.36 Å². The van der Waals surface area contributed by atoms with Crippen LogP contribution in [0.3, 0.4) is 0 Å². The van der Waals surface area contributed by atoms with E-state index in [1.165, 1.54) is 12.1 Å². The van der Waals surface area contributed by atoms with Crippen LogP contribution in [0.1, 0.15) is 31.9 Å². The van der Waals surface area contributed by atoms with E-state index in [2.05, 4.69) is 10.1 Å². The third-order valence-electron chi connectivity index (χ3n) is 2.63. The van der Waals surface area contributed by atoms with Gasteiger partial charge in [-0.05, 0) is 44.5 Å². The molecule has 0 fully saturated rings. The van der Waals surface area contributed by atoms with E-state index in [-0.39, 0.29) is 17.9 Å². The van der Waals surface area contributed by atoms with E-state index in [1.54, 1.807) is 19.1 Å². The van der Waals surface area contributed by atoms with Crippen molar-refractivity contribution in [3.63, 3.8) is 0 Å². The molecule has 1 rings (SSSR count). The van der Waals surface area contributed by atoms with Crippen molar-refractivity contribution in [3.05, 3.63) is 29.8 Å². The highest BCUT2D eigenvalue weighted by Crippen LogP contribution is 2.24. The lowest BCUT2D eigenvalue weighted by Crippen LogP contribution is -2.22. The van der Waals surface area contributed by atoms with Gasteiger partial charge >= 0.3 is 6.36 Å². The van der Waals surface area contributed by atoms with Gasteiger partial charge in [0.05, 0.1) is 6.10 Å². The van der Waals surface area contributed by atoms with Crippen LogP contribution in [0.5, 0.6) is 5.75 Å². The van der Waals surface area contributed by atoms with Gasteiger partial charge in [0.1, 0.15) is 5.75 Å². The van der Waals surface area contributed by atoms with Crippen molar-refractivity contribution < 1.29 is 23.0 Å². The molecule has 2 unspecified atom stereocenters. The van der Waals surface area contributed by atoms with Gasteiger partial charge in [-0.1, -0.05) is 12.1 Å². The zero-order valence-corrected chi connectivity index (χ0v) is 10.9. The quantitative estimate of drug-likeness (QED) is 0.840. The van der Waals surface area contributed by atoms with Crippen molar-refractivity contribution in [3.8, 4) is 5.75 Å². The Balaban J connectivity index is 2.51. The highest BCUT2D eigenvalue weighted by molar-refractivity contribution is 5.29. The second kappa shape index (κ2) is 6.77. The molecule has 108 valence electrons. The van der Waals surface area contributed by atoms with E-state index in [4.69, 9.17) is 5.11 Å². The van der Waals surface area contributed by atoms with Crippen LogP contribution in [-0.4, -0.2) is 24.1 Å². The average molecular weight is 277 g/mol. The van der Waals surface area contributed by atoms with Crippen molar-refractivity contribution >= 4 is 0 Å². The van der Waals surface area contributed by atoms with Crippen LogP contribution in [0.2, 0.25) is 0 Å². The molecule has 0 aliphatic rings. The minimum Gasteiger partial charge on any atom is -0.406 e. The van der Waals surface area contributed by atoms with Crippen LogP contribution in [0.15, 0.2) is 24.3 Å². The number of halogens is 3. The molecule has 0 aromatic heterocycles. The van der Waals surface area contributed by atoms with Crippen molar-refractivity contribution in [2.45, 2.75) is 38.8 Å². The third kappa shape index (κ3) is 6.45. The summed E-state index contributed by atoms with van der Waals surface area (Å²) in [6.07, 6.45) is -4.41. The minimum absolute atomic E-state index is 0.00122. The molecule has 0 aliphatic heterocycles. The normalized spacial score (nSPS) is 15.1. The number of aliphatic hydroxyl groups excluding tert-OH is 1. The Kier molecular flexibility index (Phi) is 5.62. The van der Waals surface area contributed by atoms with E-state index in [9.17, 15) is 13.2 Å². The summed E-state index contributed by atoms with van der Waals surface area (Å²) in [7, 11) is 0. The second-order valence-corrected chi connectivity index (χ2v) is 4.43. The van der Waals surface area contributed by atoms with Crippen molar-refractivity contribution in [1.82, 2.24) is 5.32 Å². The summed E-state index contributed by atoms with van der Waals surface area (Å²) in [5, 5.41) is 12.3. The van der Waals surface area contributed by atoms with Crippen LogP contribution >= 0.6 is 0 Å². The molecule has 3 nitrogen and oxygen atoms in total. The van der Waals surface area contributed by atoms with Gasteiger partial charge < -0.3 is 15.2 Å². The molecular weight excluding hydrogens is 259 g/mol. The van der Waals surface area contributed by atoms with E-state index in [0.29, 0.717) is 13.0 Å². The first-order valence-electron chi connectivity index (χ1n) is 6.05. The van der Waals surface area contributed by atoms with Gasteiger partial charge in [0.2, 0.25) is 0 Å². The topological polar surface area (TPSA) is 41.5 Å². The molecule has 0 bridgehead atoms. The molecule has 0 saturated heterocycles. The molecular formula is C13H18F3NO2. The van der Waals surface area contributed by atoms with E-state index in [1.807, 2.05) is 6.92 Å². The molecule has 0 heterocycles. The summed E-state index contributed by atoms with van der Waals surface area (Å²) in [4.78, 5) is 0. The molecule has 2 atom stereocenters. The van der Waals surface area contributed by atoms with Crippen molar-refractivity contribution in [2.24, 2.45) is 0 Å². The summed E-state index contributed by atoms with van der Waals surface area (Å²) in [6, 6.07) is 5.74. The summed E-state index contributed by atoms with van der Waals surface area (Å²) >= 11 is 0. The van der Waals surface area contributed by atoms with Crippen molar-refractivity contribution in [1.29, 1.82) is 0 Å². The SMILES string of the molecule is CC(O)CCNC(C)c1ccc(OC(F)(F)F)cc1. The van der Waals surface area contributed by atoms with Crippen LogP contribution < -0.4 is 10.1 Å². The molecule has 1 aromatic carbocycles. The maximum absolute atomic E-state index is 12.0. The molecule has 0 aliphatic carbocycles. The minimum atomic E-state index is -4.66. The summed E-state index contributed by atoms with van der Waals surface area (Å²) in [5.74, 6) is -0.229. The predicted octanol–water partition coefficient (Wildman–Crippen LogP) is 3.01. The number of ether oxygens (including phenoxy) is 1. The smallest absolute Gasteiger partial charge is 0.406 e. The molecule has 0 saturated carbocycles. The van der Waals surface area contributed by atoms with Gasteiger partial charge in [-0.25, -0.2) is 0 Å². The number of hydrogen-bond acceptors (Lipinski definition) is 3. The number of hydrogen-bond donors (Lipinski definition) is 2. The standard InChI is InChI=1S/C13H18F3NO2/c1-9(18)7-8-17-10(2)11-3-5-12(6-4-11)19-13(14,15)16/h3-6,9-10,17-18H,7-8H2,1-2H3. The highest BCUT2D eigenvalue weighted by Gasteiger charge is 2.30. The fourth-order valence-electron chi connectivity index (χ4n) is 1.58. The Hall–Kier alpha value is -1.27. The fraction of sp³-hybridized carbons (Fsp3) is 0.538. The average Bonchev–Trinajstić information content (AvgIpc) is 2.27. The Bertz CT molecular complexity index is 376. The molecule has 0 amide bonds. The molecule has 6 heteroatoms. The van der Waals surface area contributed by atoms with Gasteiger partial charge in [0.15, 0.2) is 0 Å². The lowest BCUT2D eigenvalue weighted by molar-refractivity contribution is -0.274. The first kappa shape index (κ1) is 15.8. The summed E-state index contributed by atoms with van der Waals surface area (Å²) in [6.45, 7) is 4.25. The molecule has 0 spiro atoms. The fourth-order valence-corrected chi connectivity index (χ4v) is 1.58. The summed E-state index contributed by atoms with van der Waals surface area (Å²) < 4.78 is 39.7. The van der Waals surface area contributed by atoms with Gasteiger partial charge in [0.25, 0.3) is 0 Å². The monoisotopic (exact) mass is 277 g/mol. The molecule has 0 radical (unpaired) electrons. The number of benzene rings is 1. The van der Waals surface area contributed by atoms with Crippen LogP contribution in [0.25, 0.3) is 0 Å². The Morgan fingerprint density at radius 1 is 1.21 bits per heavy atom. The lowest BCUT2D eigenvalue weighted by atomic mass is 10.1. The first-order chi connectivity index (χ1) is 8.78. The van der Waals surface area contributed by atoms with Gasteiger partial charge in [-0.2, -0.15) is 0 Å². The third-order valence-corrected chi connectivity index (χ3v) is 2.63. The lowest BCUT2D eigenvalue weighted by Gasteiger charge is -2.16. The summed E-state index contributed by atoms with van der Waals surface area (Å²) in [5.41, 5.74) is 0.861.